The van der Waals surface area contributed by atoms with Crippen molar-refractivity contribution in [1.29, 1.82) is 0 Å². The Hall–Kier alpha value is -5.67. The highest BCUT2D eigenvalue weighted by Gasteiger charge is 2.16. The third-order valence-electron chi connectivity index (χ3n) is 7.98. The second-order valence-electron chi connectivity index (χ2n) is 10.5. The van der Waals surface area contributed by atoms with E-state index in [2.05, 4.69) is 108 Å². The van der Waals surface area contributed by atoms with E-state index in [1.54, 1.807) is 6.20 Å². The maximum Gasteiger partial charge on any atom is 0.161 e. The van der Waals surface area contributed by atoms with Gasteiger partial charge in [-0.15, -0.1) is 0 Å². The lowest BCUT2D eigenvalue weighted by molar-refractivity contribution is 1.18. The van der Waals surface area contributed by atoms with Gasteiger partial charge in [0.1, 0.15) is 0 Å². The summed E-state index contributed by atoms with van der Waals surface area (Å²) in [4.78, 5) is 14.7. The Morgan fingerprint density at radius 3 is 1.57 bits per heavy atom. The molecule has 3 nitrogen and oxygen atoms in total. The van der Waals surface area contributed by atoms with Crippen LogP contribution in [0.2, 0.25) is 0 Å². The van der Waals surface area contributed by atoms with Crippen LogP contribution in [0.25, 0.3) is 77.3 Å². The van der Waals surface area contributed by atoms with Gasteiger partial charge in [-0.1, -0.05) is 121 Å². The summed E-state index contributed by atoms with van der Waals surface area (Å²) in [5.41, 5.74) is 6.95. The molecule has 0 aliphatic heterocycles. The molecule has 0 saturated carbocycles. The molecule has 0 radical (unpaired) electrons. The average Bonchev–Trinajstić information content (AvgIpc) is 3.09. The highest BCUT2D eigenvalue weighted by molar-refractivity contribution is 6.25. The second-order valence-corrected chi connectivity index (χ2v) is 10.5. The van der Waals surface area contributed by atoms with Crippen molar-refractivity contribution in [2.24, 2.45) is 0 Å². The highest BCUT2D eigenvalue weighted by atomic mass is 14.9. The molecule has 0 fully saturated rings. The fraction of sp³-hybridized carbons (Fsp3) is 0. The zero-order chi connectivity index (χ0) is 27.9. The molecule has 8 rings (SSSR count). The number of hydrogen-bond donors (Lipinski definition) is 0. The van der Waals surface area contributed by atoms with Crippen LogP contribution in [0.1, 0.15) is 0 Å². The Bertz CT molecular complexity index is 2200. The molecule has 0 atom stereocenters. The fourth-order valence-electron chi connectivity index (χ4n) is 5.99. The van der Waals surface area contributed by atoms with Crippen LogP contribution in [0.3, 0.4) is 0 Å². The molecule has 0 N–H and O–H groups in total. The first kappa shape index (κ1) is 24.2. The standard InChI is InChI=1S/C39H25N3/c1-2-11-26(12-3-1)37-24-38(42-39(41-37)35-19-9-4-14-29(35)28-13-10-22-40-25-28)27-20-21-34-32-17-6-5-15-30(32)31-16-7-8-18-33(31)36(34)23-27/h1-25H. The monoisotopic (exact) mass is 535 g/mol. The molecule has 2 aromatic heterocycles. The van der Waals surface area contributed by atoms with E-state index in [1.807, 2.05) is 42.6 Å². The van der Waals surface area contributed by atoms with Gasteiger partial charge in [0.05, 0.1) is 11.4 Å². The van der Waals surface area contributed by atoms with Crippen LogP contribution in [0.15, 0.2) is 152 Å². The van der Waals surface area contributed by atoms with Crippen molar-refractivity contribution in [3.8, 4) is 45.0 Å². The van der Waals surface area contributed by atoms with E-state index in [0.717, 1.165) is 39.2 Å². The molecule has 0 aliphatic carbocycles. The first-order chi connectivity index (χ1) is 20.8. The van der Waals surface area contributed by atoms with Crippen LogP contribution in [0.5, 0.6) is 0 Å². The molecule has 0 amide bonds. The first-order valence-electron chi connectivity index (χ1n) is 14.1. The van der Waals surface area contributed by atoms with Crippen molar-refractivity contribution in [1.82, 2.24) is 15.0 Å². The Kier molecular flexibility index (Phi) is 5.79. The number of nitrogens with zero attached hydrogens (tertiary/aromatic N) is 3. The van der Waals surface area contributed by atoms with Gasteiger partial charge < -0.3 is 0 Å². The van der Waals surface area contributed by atoms with Gasteiger partial charge >= 0.3 is 0 Å². The molecule has 8 aromatic rings. The minimum atomic E-state index is 0.689. The van der Waals surface area contributed by atoms with Gasteiger partial charge in [0, 0.05) is 34.6 Å². The van der Waals surface area contributed by atoms with Gasteiger partial charge in [-0.3, -0.25) is 4.98 Å². The van der Waals surface area contributed by atoms with Crippen LogP contribution in [-0.4, -0.2) is 15.0 Å². The minimum Gasteiger partial charge on any atom is -0.264 e. The van der Waals surface area contributed by atoms with E-state index >= 15 is 0 Å². The predicted octanol–water partition coefficient (Wildman–Crippen LogP) is 10.00. The van der Waals surface area contributed by atoms with Gasteiger partial charge in [0.15, 0.2) is 5.82 Å². The topological polar surface area (TPSA) is 38.7 Å². The number of hydrogen-bond acceptors (Lipinski definition) is 3. The maximum atomic E-state index is 5.20. The fourth-order valence-corrected chi connectivity index (χ4v) is 5.99. The van der Waals surface area contributed by atoms with E-state index in [9.17, 15) is 0 Å². The summed E-state index contributed by atoms with van der Waals surface area (Å²) in [6, 6.07) is 48.8. The highest BCUT2D eigenvalue weighted by Crippen LogP contribution is 2.38. The number of fused-ring (bicyclic) bond motifs is 6. The van der Waals surface area contributed by atoms with Gasteiger partial charge in [-0.25, -0.2) is 9.97 Å². The third-order valence-corrected chi connectivity index (χ3v) is 7.98. The number of benzene rings is 6. The van der Waals surface area contributed by atoms with Crippen molar-refractivity contribution in [3.05, 3.63) is 152 Å². The zero-order valence-electron chi connectivity index (χ0n) is 22.8. The van der Waals surface area contributed by atoms with Gasteiger partial charge in [-0.05, 0) is 56.1 Å². The summed E-state index contributed by atoms with van der Waals surface area (Å²) in [5.74, 6) is 0.689. The maximum absolute atomic E-state index is 5.20. The SMILES string of the molecule is c1ccc(-c2cc(-c3ccc4c5ccccc5c5ccccc5c4c3)nc(-c3ccccc3-c3cccnc3)n2)cc1. The summed E-state index contributed by atoms with van der Waals surface area (Å²) in [5, 5.41) is 7.50. The molecule has 0 spiro atoms. The summed E-state index contributed by atoms with van der Waals surface area (Å²) < 4.78 is 0. The molecule has 0 bridgehead atoms. The minimum absolute atomic E-state index is 0.689. The van der Waals surface area contributed by atoms with Crippen molar-refractivity contribution in [2.45, 2.75) is 0 Å². The average molecular weight is 536 g/mol. The first-order valence-corrected chi connectivity index (χ1v) is 14.1. The Morgan fingerprint density at radius 1 is 0.357 bits per heavy atom. The van der Waals surface area contributed by atoms with E-state index in [4.69, 9.17) is 9.97 Å². The number of pyridine rings is 1. The summed E-state index contributed by atoms with van der Waals surface area (Å²) in [7, 11) is 0. The van der Waals surface area contributed by atoms with Crippen LogP contribution in [-0.2, 0) is 0 Å². The Labute approximate surface area is 243 Å². The van der Waals surface area contributed by atoms with Crippen molar-refractivity contribution in [2.75, 3.05) is 0 Å². The van der Waals surface area contributed by atoms with Crippen LogP contribution in [0.4, 0.5) is 0 Å². The third kappa shape index (κ3) is 4.11. The number of rotatable bonds is 4. The van der Waals surface area contributed by atoms with Crippen LogP contribution >= 0.6 is 0 Å². The van der Waals surface area contributed by atoms with E-state index < -0.39 is 0 Å². The molecule has 0 aliphatic rings. The molecule has 196 valence electrons. The molecule has 0 unspecified atom stereocenters. The van der Waals surface area contributed by atoms with Crippen LogP contribution in [0, 0.1) is 0 Å². The quantitative estimate of drug-likeness (QED) is 0.211. The van der Waals surface area contributed by atoms with E-state index in [-0.39, 0.29) is 0 Å². The van der Waals surface area contributed by atoms with Gasteiger partial charge in [-0.2, -0.15) is 0 Å². The molecule has 3 heteroatoms. The largest absolute Gasteiger partial charge is 0.264 e. The predicted molar refractivity (Wildman–Crippen MR) is 174 cm³/mol. The molecular formula is C39H25N3. The lowest BCUT2D eigenvalue weighted by atomic mass is 9.92. The zero-order valence-corrected chi connectivity index (χ0v) is 22.8. The van der Waals surface area contributed by atoms with Crippen molar-refractivity contribution in [3.63, 3.8) is 0 Å². The van der Waals surface area contributed by atoms with Gasteiger partial charge in [0.25, 0.3) is 0 Å². The molecule has 42 heavy (non-hydrogen) atoms. The van der Waals surface area contributed by atoms with Crippen LogP contribution < -0.4 is 0 Å². The van der Waals surface area contributed by atoms with E-state index in [0.29, 0.717) is 5.82 Å². The molecule has 2 heterocycles. The second kappa shape index (κ2) is 10.1. The summed E-state index contributed by atoms with van der Waals surface area (Å²) >= 11 is 0. The normalized spacial score (nSPS) is 11.3. The lowest BCUT2D eigenvalue weighted by Gasteiger charge is -2.14. The van der Waals surface area contributed by atoms with Gasteiger partial charge in [0.2, 0.25) is 0 Å². The molecule has 6 aromatic carbocycles. The number of aromatic nitrogens is 3. The van der Waals surface area contributed by atoms with Crippen molar-refractivity contribution >= 4 is 32.3 Å². The lowest BCUT2D eigenvalue weighted by Crippen LogP contribution is -1.97. The Balaban J connectivity index is 1.39. The van der Waals surface area contributed by atoms with Crippen molar-refractivity contribution < 1.29 is 0 Å². The smallest absolute Gasteiger partial charge is 0.161 e. The molecule has 0 saturated heterocycles. The summed E-state index contributed by atoms with van der Waals surface area (Å²) in [6.07, 6.45) is 3.68. The summed E-state index contributed by atoms with van der Waals surface area (Å²) in [6.45, 7) is 0. The van der Waals surface area contributed by atoms with E-state index in [1.165, 1.54) is 32.3 Å². The molecular weight excluding hydrogens is 510 g/mol. The Morgan fingerprint density at radius 2 is 0.905 bits per heavy atom.